The van der Waals surface area contributed by atoms with E-state index >= 15 is 0 Å². The smallest absolute Gasteiger partial charge is 0.359 e. The van der Waals surface area contributed by atoms with Crippen LogP contribution < -0.4 is 0 Å². The average Bonchev–Trinajstić information content (AvgIpc) is 2.93. The second-order valence-electron chi connectivity index (χ2n) is 6.74. The van der Waals surface area contributed by atoms with Gasteiger partial charge in [0, 0.05) is 6.42 Å². The van der Waals surface area contributed by atoms with Crippen molar-refractivity contribution in [2.24, 2.45) is 0 Å². The molecule has 1 aromatic carbocycles. The third-order valence-corrected chi connectivity index (χ3v) is 6.13. The molecule has 7 nitrogen and oxygen atoms in total. The van der Waals surface area contributed by atoms with Crippen LogP contribution in [0.4, 0.5) is 0 Å². The number of carbonyl (C=O) groups excluding carboxylic acids is 1. The first kappa shape index (κ1) is 21.1. The minimum atomic E-state index is -3.58. The molecule has 0 saturated carbocycles. The lowest BCUT2D eigenvalue weighted by molar-refractivity contribution is -0.0267. The first-order chi connectivity index (χ1) is 12.2. The van der Waals surface area contributed by atoms with Crippen molar-refractivity contribution in [3.63, 3.8) is 0 Å². The molecule has 26 heavy (non-hydrogen) atoms. The van der Waals surface area contributed by atoms with Crippen LogP contribution in [0.25, 0.3) is 0 Å². The summed E-state index contributed by atoms with van der Waals surface area (Å²) in [5.74, 6) is -1.41. The van der Waals surface area contributed by atoms with Crippen LogP contribution >= 0.6 is 7.60 Å². The van der Waals surface area contributed by atoms with Gasteiger partial charge in [-0.25, -0.2) is 4.79 Å². The SMILES string of the molecule is CC(C)OP(=O)(OC(C)C)[C@H]1C[C@H](O)[C@@H](COC(=O)c2ccccc2)O1. The molecule has 1 aliphatic rings. The van der Waals surface area contributed by atoms with Gasteiger partial charge in [-0.05, 0) is 39.8 Å². The molecule has 1 N–H and O–H groups in total. The topological polar surface area (TPSA) is 91.3 Å². The summed E-state index contributed by atoms with van der Waals surface area (Å²) in [5, 5.41) is 10.2. The maximum Gasteiger partial charge on any atom is 0.359 e. The fourth-order valence-corrected chi connectivity index (χ4v) is 4.90. The summed E-state index contributed by atoms with van der Waals surface area (Å²) in [4.78, 5) is 12.0. The lowest BCUT2D eigenvalue weighted by Gasteiger charge is -2.27. The Morgan fingerprint density at radius 2 is 1.77 bits per heavy atom. The van der Waals surface area contributed by atoms with E-state index in [0.29, 0.717) is 5.56 Å². The molecule has 0 aromatic heterocycles. The molecule has 0 unspecified atom stereocenters. The largest absolute Gasteiger partial charge is 0.459 e. The summed E-state index contributed by atoms with van der Waals surface area (Å²) in [5.41, 5.74) is 0.411. The molecule has 2 rings (SSSR count). The van der Waals surface area contributed by atoms with Gasteiger partial charge in [-0.3, -0.25) is 4.57 Å². The van der Waals surface area contributed by atoms with Gasteiger partial charge in [0.2, 0.25) is 0 Å². The van der Waals surface area contributed by atoms with Crippen LogP contribution in [-0.2, 0) is 23.1 Å². The summed E-state index contributed by atoms with van der Waals surface area (Å²) in [6, 6.07) is 8.54. The van der Waals surface area contributed by atoms with Crippen molar-refractivity contribution in [2.75, 3.05) is 6.61 Å². The maximum absolute atomic E-state index is 13.1. The lowest BCUT2D eigenvalue weighted by Crippen LogP contribution is -2.28. The van der Waals surface area contributed by atoms with Crippen molar-refractivity contribution < 1.29 is 33.0 Å². The van der Waals surface area contributed by atoms with Crippen LogP contribution in [-0.4, -0.2) is 47.9 Å². The van der Waals surface area contributed by atoms with Gasteiger partial charge in [-0.15, -0.1) is 0 Å². The number of hydrogen-bond acceptors (Lipinski definition) is 7. The third kappa shape index (κ3) is 5.63. The van der Waals surface area contributed by atoms with E-state index < -0.39 is 31.6 Å². The summed E-state index contributed by atoms with van der Waals surface area (Å²) >= 11 is 0. The predicted molar refractivity (Wildman–Crippen MR) is 96.1 cm³/mol. The zero-order chi connectivity index (χ0) is 19.3. The van der Waals surface area contributed by atoms with E-state index in [0.717, 1.165) is 0 Å². The summed E-state index contributed by atoms with van der Waals surface area (Å²) in [6.45, 7) is 6.86. The summed E-state index contributed by atoms with van der Waals surface area (Å²) < 4.78 is 35.0. The number of ether oxygens (including phenoxy) is 2. The Labute approximate surface area is 154 Å². The standard InChI is InChI=1S/C18H27O7P/c1-12(2)24-26(21,25-13(3)4)17-10-15(19)16(23-17)11-22-18(20)14-8-6-5-7-9-14/h5-9,12-13,15-17,19H,10-11H2,1-4H3/t15-,16+,17-/m0/s1. The number of esters is 1. The first-order valence-electron chi connectivity index (χ1n) is 8.73. The van der Waals surface area contributed by atoms with Gasteiger partial charge in [0.1, 0.15) is 12.7 Å². The second-order valence-corrected chi connectivity index (χ2v) is 8.82. The first-order valence-corrected chi connectivity index (χ1v) is 10.3. The fourth-order valence-electron chi connectivity index (χ4n) is 2.62. The molecule has 8 heteroatoms. The van der Waals surface area contributed by atoms with E-state index in [1.807, 2.05) is 0 Å². The monoisotopic (exact) mass is 386 g/mol. The Kier molecular flexibility index (Phi) is 7.38. The molecule has 1 aliphatic heterocycles. The van der Waals surface area contributed by atoms with Gasteiger partial charge in [-0.2, -0.15) is 0 Å². The van der Waals surface area contributed by atoms with E-state index in [2.05, 4.69) is 0 Å². The fraction of sp³-hybridized carbons (Fsp3) is 0.611. The van der Waals surface area contributed by atoms with Gasteiger partial charge in [0.25, 0.3) is 0 Å². The molecule has 1 fully saturated rings. The Bertz CT molecular complexity index is 618. The number of carbonyl (C=O) groups is 1. The van der Waals surface area contributed by atoms with Crippen molar-refractivity contribution in [3.05, 3.63) is 35.9 Å². The van der Waals surface area contributed by atoms with Gasteiger partial charge in [-0.1, -0.05) is 18.2 Å². The Balaban J connectivity index is 1.98. The number of hydrogen-bond donors (Lipinski definition) is 1. The van der Waals surface area contributed by atoms with Gasteiger partial charge in [0.15, 0.2) is 5.85 Å². The minimum Gasteiger partial charge on any atom is -0.459 e. The molecular weight excluding hydrogens is 359 g/mol. The van der Waals surface area contributed by atoms with E-state index in [-0.39, 0.29) is 25.2 Å². The molecule has 0 spiro atoms. The maximum atomic E-state index is 13.1. The quantitative estimate of drug-likeness (QED) is 0.541. The molecular formula is C18H27O7P. The van der Waals surface area contributed by atoms with Crippen LogP contribution in [0.1, 0.15) is 44.5 Å². The van der Waals surface area contributed by atoms with E-state index in [1.54, 1.807) is 58.0 Å². The highest BCUT2D eigenvalue weighted by Gasteiger charge is 2.48. The predicted octanol–water partition coefficient (Wildman–Crippen LogP) is 3.36. The highest BCUT2D eigenvalue weighted by atomic mass is 31.2. The Morgan fingerprint density at radius 3 is 2.31 bits per heavy atom. The van der Waals surface area contributed by atoms with Crippen molar-refractivity contribution in [1.82, 2.24) is 0 Å². The van der Waals surface area contributed by atoms with Crippen LogP contribution in [0.3, 0.4) is 0 Å². The van der Waals surface area contributed by atoms with Crippen molar-refractivity contribution in [3.8, 4) is 0 Å². The molecule has 146 valence electrons. The van der Waals surface area contributed by atoms with Crippen LogP contribution in [0.2, 0.25) is 0 Å². The summed E-state index contributed by atoms with van der Waals surface area (Å²) in [6.07, 6.45) is -2.27. The zero-order valence-corrected chi connectivity index (χ0v) is 16.4. The molecule has 1 heterocycles. The van der Waals surface area contributed by atoms with E-state index in [9.17, 15) is 14.5 Å². The molecule has 0 aliphatic carbocycles. The molecule has 1 saturated heterocycles. The highest BCUT2D eigenvalue weighted by Crippen LogP contribution is 2.59. The third-order valence-electron chi connectivity index (χ3n) is 3.66. The van der Waals surface area contributed by atoms with Crippen LogP contribution in [0.15, 0.2) is 30.3 Å². The number of aliphatic hydroxyl groups excluding tert-OH is 1. The molecule has 1 aromatic rings. The summed E-state index contributed by atoms with van der Waals surface area (Å²) in [7, 11) is -3.58. The normalized spacial score (nSPS) is 23.6. The van der Waals surface area contributed by atoms with Crippen molar-refractivity contribution in [1.29, 1.82) is 0 Å². The number of rotatable bonds is 8. The van der Waals surface area contributed by atoms with Gasteiger partial charge >= 0.3 is 13.6 Å². The minimum absolute atomic E-state index is 0.0876. The van der Waals surface area contributed by atoms with E-state index in [1.165, 1.54) is 0 Å². The molecule has 3 atom stereocenters. The Morgan fingerprint density at radius 1 is 1.19 bits per heavy atom. The average molecular weight is 386 g/mol. The van der Waals surface area contributed by atoms with Crippen molar-refractivity contribution in [2.45, 2.75) is 64.4 Å². The second kappa shape index (κ2) is 9.11. The Hall–Kier alpha value is -1.24. The zero-order valence-electron chi connectivity index (χ0n) is 15.5. The van der Waals surface area contributed by atoms with Gasteiger partial charge < -0.3 is 23.6 Å². The number of aliphatic hydroxyl groups is 1. The van der Waals surface area contributed by atoms with Crippen LogP contribution in [0, 0.1) is 0 Å². The van der Waals surface area contributed by atoms with Crippen LogP contribution in [0.5, 0.6) is 0 Å². The highest BCUT2D eigenvalue weighted by molar-refractivity contribution is 7.54. The molecule has 0 amide bonds. The molecule has 0 bridgehead atoms. The van der Waals surface area contributed by atoms with Crippen molar-refractivity contribution >= 4 is 13.6 Å². The van der Waals surface area contributed by atoms with Gasteiger partial charge in [0.05, 0.1) is 23.9 Å². The molecule has 0 radical (unpaired) electrons. The van der Waals surface area contributed by atoms with E-state index in [4.69, 9.17) is 18.5 Å². The lowest BCUT2D eigenvalue weighted by atomic mass is 10.2. The number of benzene rings is 1.